The number of ketones is 1. The minimum absolute atomic E-state index is 0.0966. The van der Waals surface area contributed by atoms with Crippen molar-refractivity contribution < 1.29 is 9.18 Å². The number of carbonyl (C=O) groups excluding carboxylic acids is 1. The standard InChI is InChI=1S/C19H14FNO/c20-15-7-4-8-16(13-15)21-12-11-19(22)18-10-3-6-14-5-1-2-9-17(14)18/h1-13,21H/b12-11+. The molecule has 3 rings (SSSR count). The highest BCUT2D eigenvalue weighted by Crippen LogP contribution is 2.19. The number of rotatable bonds is 4. The van der Waals surface area contributed by atoms with Gasteiger partial charge >= 0.3 is 0 Å². The number of nitrogens with one attached hydrogen (secondary N) is 1. The zero-order valence-electron chi connectivity index (χ0n) is 11.8. The third-order valence-electron chi connectivity index (χ3n) is 3.36. The van der Waals surface area contributed by atoms with Crippen molar-refractivity contribution in [3.63, 3.8) is 0 Å². The van der Waals surface area contributed by atoms with Gasteiger partial charge in [0.15, 0.2) is 5.78 Å². The maximum atomic E-state index is 13.1. The summed E-state index contributed by atoms with van der Waals surface area (Å²) in [6.07, 6.45) is 2.98. The van der Waals surface area contributed by atoms with Gasteiger partial charge in [0.25, 0.3) is 0 Å². The summed E-state index contributed by atoms with van der Waals surface area (Å²) in [5, 5.41) is 4.84. The minimum atomic E-state index is -0.321. The van der Waals surface area contributed by atoms with Crippen LogP contribution in [0.15, 0.2) is 79.0 Å². The van der Waals surface area contributed by atoms with Crippen LogP contribution in [0, 0.1) is 5.82 Å². The molecule has 0 amide bonds. The van der Waals surface area contributed by atoms with Crippen LogP contribution < -0.4 is 5.32 Å². The van der Waals surface area contributed by atoms with Gasteiger partial charge in [-0.25, -0.2) is 4.39 Å². The molecule has 0 fully saturated rings. The van der Waals surface area contributed by atoms with Crippen molar-refractivity contribution >= 4 is 22.2 Å². The molecule has 0 saturated heterocycles. The Kier molecular flexibility index (Phi) is 3.97. The third kappa shape index (κ3) is 3.04. The Morgan fingerprint density at radius 3 is 2.59 bits per heavy atom. The molecule has 0 radical (unpaired) electrons. The summed E-state index contributed by atoms with van der Waals surface area (Å²) in [6.45, 7) is 0. The first kappa shape index (κ1) is 14.0. The highest BCUT2D eigenvalue weighted by atomic mass is 19.1. The van der Waals surface area contributed by atoms with Crippen molar-refractivity contribution in [1.29, 1.82) is 0 Å². The van der Waals surface area contributed by atoms with Crippen LogP contribution in [0.5, 0.6) is 0 Å². The van der Waals surface area contributed by atoms with Crippen LogP contribution in [0.3, 0.4) is 0 Å². The van der Waals surface area contributed by atoms with E-state index in [-0.39, 0.29) is 11.6 Å². The second kappa shape index (κ2) is 6.22. The molecule has 2 nitrogen and oxygen atoms in total. The van der Waals surface area contributed by atoms with Crippen LogP contribution in [-0.4, -0.2) is 5.78 Å². The monoisotopic (exact) mass is 291 g/mol. The molecule has 0 spiro atoms. The van der Waals surface area contributed by atoms with Gasteiger partial charge in [-0.05, 0) is 29.0 Å². The topological polar surface area (TPSA) is 29.1 Å². The molecular formula is C19H14FNO. The van der Waals surface area contributed by atoms with Crippen molar-refractivity contribution in [2.45, 2.75) is 0 Å². The number of hydrogen-bond acceptors (Lipinski definition) is 2. The molecule has 22 heavy (non-hydrogen) atoms. The molecular weight excluding hydrogens is 277 g/mol. The largest absolute Gasteiger partial charge is 0.361 e. The van der Waals surface area contributed by atoms with Crippen LogP contribution in [0.25, 0.3) is 10.8 Å². The molecule has 0 aromatic heterocycles. The first-order chi connectivity index (χ1) is 10.7. The summed E-state index contributed by atoms with van der Waals surface area (Å²) in [7, 11) is 0. The van der Waals surface area contributed by atoms with Crippen LogP contribution >= 0.6 is 0 Å². The number of benzene rings is 3. The molecule has 0 heterocycles. The van der Waals surface area contributed by atoms with Gasteiger partial charge in [0, 0.05) is 23.5 Å². The van der Waals surface area contributed by atoms with Gasteiger partial charge < -0.3 is 5.32 Å². The van der Waals surface area contributed by atoms with Gasteiger partial charge in [-0.3, -0.25) is 4.79 Å². The predicted molar refractivity (Wildman–Crippen MR) is 87.4 cm³/mol. The molecule has 0 aliphatic rings. The molecule has 0 atom stereocenters. The van der Waals surface area contributed by atoms with Crippen LogP contribution in [0.2, 0.25) is 0 Å². The van der Waals surface area contributed by atoms with E-state index >= 15 is 0 Å². The normalized spacial score (nSPS) is 11.0. The van der Waals surface area contributed by atoms with E-state index in [0.29, 0.717) is 11.3 Å². The Morgan fingerprint density at radius 2 is 1.73 bits per heavy atom. The lowest BCUT2D eigenvalue weighted by Crippen LogP contribution is -1.97. The summed E-state index contributed by atoms with van der Waals surface area (Å²) in [6, 6.07) is 19.5. The second-order valence-corrected chi connectivity index (χ2v) is 4.88. The summed E-state index contributed by atoms with van der Waals surface area (Å²) >= 11 is 0. The Morgan fingerprint density at radius 1 is 0.955 bits per heavy atom. The van der Waals surface area contributed by atoms with E-state index < -0.39 is 0 Å². The van der Waals surface area contributed by atoms with Crippen molar-refractivity contribution in [2.24, 2.45) is 0 Å². The number of fused-ring (bicyclic) bond motifs is 1. The van der Waals surface area contributed by atoms with Gasteiger partial charge in [0.05, 0.1) is 0 Å². The summed E-state index contributed by atoms with van der Waals surface area (Å²) in [5.74, 6) is -0.417. The molecule has 1 N–H and O–H groups in total. The van der Waals surface area contributed by atoms with Crippen molar-refractivity contribution in [2.75, 3.05) is 5.32 Å². The van der Waals surface area contributed by atoms with E-state index in [1.54, 1.807) is 18.2 Å². The number of allylic oxidation sites excluding steroid dienone is 1. The third-order valence-corrected chi connectivity index (χ3v) is 3.36. The van der Waals surface area contributed by atoms with Gasteiger partial charge in [-0.1, -0.05) is 48.5 Å². The molecule has 0 aliphatic heterocycles. The Labute approximate surface area is 127 Å². The maximum absolute atomic E-state index is 13.1. The van der Waals surface area contributed by atoms with Gasteiger partial charge in [0.2, 0.25) is 0 Å². The average Bonchev–Trinajstić information content (AvgIpc) is 2.54. The van der Waals surface area contributed by atoms with Crippen molar-refractivity contribution in [3.05, 3.63) is 90.4 Å². The number of carbonyl (C=O) groups is 1. The number of hydrogen-bond donors (Lipinski definition) is 1. The molecule has 108 valence electrons. The molecule has 3 aromatic carbocycles. The highest BCUT2D eigenvalue weighted by molar-refractivity contribution is 6.13. The summed E-state index contributed by atoms with van der Waals surface area (Å²) in [5.41, 5.74) is 1.25. The zero-order valence-corrected chi connectivity index (χ0v) is 11.8. The molecule has 3 heteroatoms. The summed E-state index contributed by atoms with van der Waals surface area (Å²) < 4.78 is 13.1. The lowest BCUT2D eigenvalue weighted by Gasteiger charge is -2.03. The van der Waals surface area contributed by atoms with E-state index in [4.69, 9.17) is 0 Å². The van der Waals surface area contributed by atoms with Crippen LogP contribution in [-0.2, 0) is 0 Å². The van der Waals surface area contributed by atoms with E-state index in [9.17, 15) is 9.18 Å². The predicted octanol–water partition coefficient (Wildman–Crippen LogP) is 4.79. The fourth-order valence-corrected chi connectivity index (χ4v) is 2.32. The molecule has 0 saturated carbocycles. The fraction of sp³-hybridized carbons (Fsp3) is 0. The second-order valence-electron chi connectivity index (χ2n) is 4.88. The van der Waals surface area contributed by atoms with Gasteiger partial charge in [0.1, 0.15) is 5.82 Å². The van der Waals surface area contributed by atoms with Crippen molar-refractivity contribution in [1.82, 2.24) is 0 Å². The highest BCUT2D eigenvalue weighted by Gasteiger charge is 2.06. The molecule has 0 unspecified atom stereocenters. The fourth-order valence-electron chi connectivity index (χ4n) is 2.32. The number of halogens is 1. The first-order valence-electron chi connectivity index (χ1n) is 6.95. The van der Waals surface area contributed by atoms with Crippen molar-refractivity contribution in [3.8, 4) is 0 Å². The average molecular weight is 291 g/mol. The lowest BCUT2D eigenvalue weighted by molar-refractivity contribution is 0.104. The smallest absolute Gasteiger partial charge is 0.187 e. The quantitative estimate of drug-likeness (QED) is 0.553. The van der Waals surface area contributed by atoms with E-state index in [1.807, 2.05) is 36.4 Å². The molecule has 0 aliphatic carbocycles. The number of anilines is 1. The van der Waals surface area contributed by atoms with Crippen LogP contribution in [0.4, 0.5) is 10.1 Å². The first-order valence-corrected chi connectivity index (χ1v) is 6.95. The zero-order chi connectivity index (χ0) is 15.4. The Bertz CT molecular complexity index is 849. The van der Waals surface area contributed by atoms with Gasteiger partial charge in [-0.2, -0.15) is 0 Å². The van der Waals surface area contributed by atoms with Crippen LogP contribution in [0.1, 0.15) is 10.4 Å². The SMILES string of the molecule is O=C(/C=C/Nc1cccc(F)c1)c1cccc2ccccc12. The summed E-state index contributed by atoms with van der Waals surface area (Å²) in [4.78, 5) is 12.3. The molecule has 3 aromatic rings. The van der Waals surface area contributed by atoms with E-state index in [2.05, 4.69) is 5.32 Å². The Balaban J connectivity index is 1.80. The molecule has 0 bridgehead atoms. The van der Waals surface area contributed by atoms with E-state index in [0.717, 1.165) is 10.8 Å². The minimum Gasteiger partial charge on any atom is -0.361 e. The lowest BCUT2D eigenvalue weighted by atomic mass is 10.0. The Hall–Kier alpha value is -2.94. The van der Waals surface area contributed by atoms with Gasteiger partial charge in [-0.15, -0.1) is 0 Å². The van der Waals surface area contributed by atoms with E-state index in [1.165, 1.54) is 24.4 Å². The maximum Gasteiger partial charge on any atom is 0.187 e.